The van der Waals surface area contributed by atoms with Gasteiger partial charge in [0.1, 0.15) is 5.75 Å². The quantitative estimate of drug-likeness (QED) is 0.874. The van der Waals surface area contributed by atoms with Gasteiger partial charge in [-0.15, -0.1) is 5.06 Å². The van der Waals surface area contributed by atoms with Crippen LogP contribution < -0.4 is 4.84 Å². The SMILES string of the molecule is CC1(C)CC(O)CC(C)(C)N1Oc1ccccc1. The van der Waals surface area contributed by atoms with E-state index in [4.69, 9.17) is 4.84 Å². The van der Waals surface area contributed by atoms with Gasteiger partial charge >= 0.3 is 0 Å². The third kappa shape index (κ3) is 2.68. The maximum Gasteiger partial charge on any atom is 0.147 e. The molecule has 0 amide bonds. The molecule has 2 rings (SSSR count). The molecular formula is C15H23NO2. The molecule has 0 aliphatic carbocycles. The fourth-order valence-corrected chi connectivity index (χ4v) is 3.04. The van der Waals surface area contributed by atoms with Gasteiger partial charge in [0, 0.05) is 0 Å². The third-order valence-corrected chi connectivity index (χ3v) is 3.51. The molecule has 1 aliphatic rings. The lowest BCUT2D eigenvalue weighted by molar-refractivity contribution is -0.234. The zero-order chi connectivity index (χ0) is 13.4. The molecule has 0 saturated carbocycles. The second-order valence-electron chi connectivity index (χ2n) is 6.39. The third-order valence-electron chi connectivity index (χ3n) is 3.51. The first kappa shape index (κ1) is 13.4. The first-order chi connectivity index (χ1) is 8.31. The van der Waals surface area contributed by atoms with Gasteiger partial charge in [0.25, 0.3) is 0 Å². The van der Waals surface area contributed by atoms with Gasteiger partial charge in [0.2, 0.25) is 0 Å². The number of hydroxylamine groups is 2. The number of para-hydroxylation sites is 1. The van der Waals surface area contributed by atoms with Crippen molar-refractivity contribution in [3.63, 3.8) is 0 Å². The predicted molar refractivity (Wildman–Crippen MR) is 72.3 cm³/mol. The maximum atomic E-state index is 9.98. The van der Waals surface area contributed by atoms with E-state index in [9.17, 15) is 5.11 Å². The van der Waals surface area contributed by atoms with Crippen LogP contribution in [0.4, 0.5) is 0 Å². The molecule has 0 bridgehead atoms. The minimum absolute atomic E-state index is 0.184. The lowest BCUT2D eigenvalue weighted by atomic mass is 9.80. The highest BCUT2D eigenvalue weighted by molar-refractivity contribution is 5.21. The summed E-state index contributed by atoms with van der Waals surface area (Å²) < 4.78 is 0. The molecule has 0 unspecified atom stereocenters. The van der Waals surface area contributed by atoms with Gasteiger partial charge in [-0.25, -0.2) is 0 Å². The molecule has 1 N–H and O–H groups in total. The Morgan fingerprint density at radius 1 is 1.06 bits per heavy atom. The van der Waals surface area contributed by atoms with Gasteiger partial charge in [-0.3, -0.25) is 0 Å². The van der Waals surface area contributed by atoms with E-state index in [0.717, 1.165) is 18.6 Å². The summed E-state index contributed by atoms with van der Waals surface area (Å²) in [5.41, 5.74) is -0.367. The molecule has 1 fully saturated rings. The normalized spacial score (nSPS) is 23.8. The number of piperidine rings is 1. The van der Waals surface area contributed by atoms with Gasteiger partial charge in [-0.2, -0.15) is 0 Å². The zero-order valence-electron chi connectivity index (χ0n) is 11.7. The number of hydrogen-bond acceptors (Lipinski definition) is 3. The molecule has 1 saturated heterocycles. The summed E-state index contributed by atoms with van der Waals surface area (Å²) in [6.45, 7) is 8.44. The molecule has 1 aromatic rings. The van der Waals surface area contributed by atoms with Crippen molar-refractivity contribution in [3.05, 3.63) is 30.3 Å². The van der Waals surface area contributed by atoms with Gasteiger partial charge in [-0.05, 0) is 52.7 Å². The average Bonchev–Trinajstić information content (AvgIpc) is 2.23. The van der Waals surface area contributed by atoms with Crippen molar-refractivity contribution >= 4 is 0 Å². The summed E-state index contributed by atoms with van der Waals surface area (Å²) in [6.07, 6.45) is 1.19. The van der Waals surface area contributed by atoms with Crippen molar-refractivity contribution in [2.75, 3.05) is 0 Å². The van der Waals surface area contributed by atoms with E-state index in [1.54, 1.807) is 0 Å². The van der Waals surface area contributed by atoms with Gasteiger partial charge in [-0.1, -0.05) is 18.2 Å². The van der Waals surface area contributed by atoms with E-state index < -0.39 is 0 Å². The Morgan fingerprint density at radius 3 is 2.06 bits per heavy atom. The van der Waals surface area contributed by atoms with Crippen molar-refractivity contribution in [2.24, 2.45) is 0 Å². The Kier molecular flexibility index (Phi) is 3.39. The Hall–Kier alpha value is -1.06. The molecule has 0 atom stereocenters. The van der Waals surface area contributed by atoms with Crippen LogP contribution in [-0.2, 0) is 0 Å². The number of nitrogens with zero attached hydrogens (tertiary/aromatic N) is 1. The van der Waals surface area contributed by atoms with Crippen LogP contribution in [0.3, 0.4) is 0 Å². The van der Waals surface area contributed by atoms with E-state index in [1.165, 1.54) is 0 Å². The fourth-order valence-electron chi connectivity index (χ4n) is 3.04. The lowest BCUT2D eigenvalue weighted by Crippen LogP contribution is -2.63. The highest BCUT2D eigenvalue weighted by Crippen LogP contribution is 2.38. The van der Waals surface area contributed by atoms with Crippen molar-refractivity contribution in [3.8, 4) is 5.75 Å². The van der Waals surface area contributed by atoms with Crippen molar-refractivity contribution in [2.45, 2.75) is 57.7 Å². The molecule has 100 valence electrons. The summed E-state index contributed by atoms with van der Waals surface area (Å²) in [4.78, 5) is 6.06. The largest absolute Gasteiger partial charge is 0.405 e. The standard InChI is InChI=1S/C15H23NO2/c1-14(2)10-12(17)11-15(3,4)16(14)18-13-8-6-5-7-9-13/h5-9,12,17H,10-11H2,1-4H3. The summed E-state index contributed by atoms with van der Waals surface area (Å²) in [7, 11) is 0. The molecule has 0 radical (unpaired) electrons. The van der Waals surface area contributed by atoms with Crippen LogP contribution in [0.1, 0.15) is 40.5 Å². The Morgan fingerprint density at radius 2 is 1.56 bits per heavy atom. The lowest BCUT2D eigenvalue weighted by Gasteiger charge is -2.52. The molecule has 1 heterocycles. The van der Waals surface area contributed by atoms with Crippen LogP contribution in [0.5, 0.6) is 5.75 Å². The minimum Gasteiger partial charge on any atom is -0.405 e. The molecule has 0 spiro atoms. The van der Waals surface area contributed by atoms with E-state index in [2.05, 4.69) is 27.7 Å². The summed E-state index contributed by atoms with van der Waals surface area (Å²) in [5, 5.41) is 12.0. The number of aliphatic hydroxyl groups is 1. The first-order valence-corrected chi connectivity index (χ1v) is 6.53. The van der Waals surface area contributed by atoms with E-state index >= 15 is 0 Å². The van der Waals surface area contributed by atoms with Crippen molar-refractivity contribution in [1.82, 2.24) is 5.06 Å². The van der Waals surface area contributed by atoms with Gasteiger partial charge < -0.3 is 9.94 Å². The molecule has 0 aromatic heterocycles. The zero-order valence-corrected chi connectivity index (χ0v) is 11.7. The van der Waals surface area contributed by atoms with Crippen LogP contribution in [0.25, 0.3) is 0 Å². The number of aliphatic hydroxyl groups excluding tert-OH is 1. The minimum atomic E-state index is -0.259. The van der Waals surface area contributed by atoms with E-state index in [-0.39, 0.29) is 17.2 Å². The smallest absolute Gasteiger partial charge is 0.147 e. The Bertz CT molecular complexity index is 382. The maximum absolute atomic E-state index is 9.98. The van der Waals surface area contributed by atoms with Crippen LogP contribution >= 0.6 is 0 Å². The monoisotopic (exact) mass is 249 g/mol. The van der Waals surface area contributed by atoms with Crippen molar-refractivity contribution in [1.29, 1.82) is 0 Å². The summed E-state index contributed by atoms with van der Waals surface area (Å²) in [6, 6.07) is 9.82. The molecular weight excluding hydrogens is 226 g/mol. The highest BCUT2D eigenvalue weighted by atomic mass is 16.7. The van der Waals surface area contributed by atoms with Crippen LogP contribution in [0.15, 0.2) is 30.3 Å². The topological polar surface area (TPSA) is 32.7 Å². The molecule has 3 heteroatoms. The number of benzene rings is 1. The highest BCUT2D eigenvalue weighted by Gasteiger charge is 2.47. The van der Waals surface area contributed by atoms with Gasteiger partial charge in [0.05, 0.1) is 17.2 Å². The summed E-state index contributed by atoms with van der Waals surface area (Å²) >= 11 is 0. The number of rotatable bonds is 2. The van der Waals surface area contributed by atoms with Crippen molar-refractivity contribution < 1.29 is 9.94 Å². The second-order valence-corrected chi connectivity index (χ2v) is 6.39. The molecule has 3 nitrogen and oxygen atoms in total. The van der Waals surface area contributed by atoms with E-state index in [1.807, 2.05) is 35.4 Å². The Balaban J connectivity index is 2.23. The van der Waals surface area contributed by atoms with E-state index in [0.29, 0.717) is 0 Å². The average molecular weight is 249 g/mol. The van der Waals surface area contributed by atoms with Gasteiger partial charge in [0.15, 0.2) is 0 Å². The fraction of sp³-hybridized carbons (Fsp3) is 0.600. The molecule has 18 heavy (non-hydrogen) atoms. The second kappa shape index (κ2) is 4.56. The van der Waals surface area contributed by atoms with Crippen LogP contribution in [0, 0.1) is 0 Å². The molecule has 1 aromatic carbocycles. The molecule has 1 aliphatic heterocycles. The van der Waals surface area contributed by atoms with Crippen LogP contribution in [0.2, 0.25) is 0 Å². The first-order valence-electron chi connectivity index (χ1n) is 6.53. The Labute approximate surface area is 109 Å². The number of hydrogen-bond donors (Lipinski definition) is 1. The predicted octanol–water partition coefficient (Wildman–Crippen LogP) is 2.99. The summed E-state index contributed by atoms with van der Waals surface area (Å²) in [5.74, 6) is 0.843. The van der Waals surface area contributed by atoms with Crippen LogP contribution in [-0.4, -0.2) is 27.4 Å².